The summed E-state index contributed by atoms with van der Waals surface area (Å²) in [7, 11) is 6.19. The van der Waals surface area contributed by atoms with Gasteiger partial charge in [0.1, 0.15) is 0 Å². The molecule has 0 spiro atoms. The number of guanidine groups is 1. The fourth-order valence-corrected chi connectivity index (χ4v) is 4.10. The zero-order valence-corrected chi connectivity index (χ0v) is 17.2. The molecular formula is C15H31IN4OS. The van der Waals surface area contributed by atoms with E-state index in [1.54, 1.807) is 0 Å². The van der Waals surface area contributed by atoms with Gasteiger partial charge >= 0.3 is 0 Å². The second-order valence-electron chi connectivity index (χ2n) is 6.22. The molecule has 0 aromatic carbocycles. The molecule has 2 saturated heterocycles. The molecule has 7 heteroatoms. The van der Waals surface area contributed by atoms with E-state index >= 15 is 0 Å². The Balaban J connectivity index is 0.00000242. The number of hydrogen-bond donors (Lipinski definition) is 2. The number of halogens is 1. The highest BCUT2D eigenvalue weighted by Crippen LogP contribution is 2.25. The Bertz CT molecular complexity index is 342. The molecular weight excluding hydrogens is 411 g/mol. The molecule has 1 unspecified atom stereocenters. The van der Waals surface area contributed by atoms with Crippen molar-refractivity contribution in [3.05, 3.63) is 0 Å². The van der Waals surface area contributed by atoms with Gasteiger partial charge in [-0.25, -0.2) is 0 Å². The summed E-state index contributed by atoms with van der Waals surface area (Å²) in [6.45, 7) is 2.62. The second kappa shape index (κ2) is 10.2. The number of thioether (sulfide) groups is 1. The highest BCUT2D eigenvalue weighted by molar-refractivity contribution is 14.0. The monoisotopic (exact) mass is 442 g/mol. The van der Waals surface area contributed by atoms with Crippen LogP contribution in [0.2, 0.25) is 0 Å². The molecule has 2 aliphatic heterocycles. The Labute approximate surface area is 156 Å². The lowest BCUT2D eigenvalue weighted by Crippen LogP contribution is -2.58. The smallest absolute Gasteiger partial charge is 0.191 e. The Morgan fingerprint density at radius 1 is 1.36 bits per heavy atom. The normalized spacial score (nSPS) is 25.5. The van der Waals surface area contributed by atoms with Crippen molar-refractivity contribution in [1.29, 1.82) is 0 Å². The van der Waals surface area contributed by atoms with Gasteiger partial charge in [-0.15, -0.1) is 24.0 Å². The van der Waals surface area contributed by atoms with E-state index in [-0.39, 0.29) is 29.5 Å². The first-order valence-corrected chi connectivity index (χ1v) is 9.12. The molecule has 0 saturated carbocycles. The molecule has 5 nitrogen and oxygen atoms in total. The van der Waals surface area contributed by atoms with Gasteiger partial charge in [-0.2, -0.15) is 11.8 Å². The maximum atomic E-state index is 5.53. The summed E-state index contributed by atoms with van der Waals surface area (Å²) in [4.78, 5) is 6.73. The van der Waals surface area contributed by atoms with Gasteiger partial charge in [0.2, 0.25) is 0 Å². The van der Waals surface area contributed by atoms with Gasteiger partial charge < -0.3 is 20.3 Å². The van der Waals surface area contributed by atoms with Gasteiger partial charge in [0.25, 0.3) is 0 Å². The van der Waals surface area contributed by atoms with Crippen LogP contribution in [0.1, 0.15) is 25.7 Å². The van der Waals surface area contributed by atoms with E-state index < -0.39 is 0 Å². The maximum absolute atomic E-state index is 5.53. The second-order valence-corrected chi connectivity index (χ2v) is 7.37. The van der Waals surface area contributed by atoms with E-state index in [0.29, 0.717) is 6.04 Å². The van der Waals surface area contributed by atoms with Crippen LogP contribution in [-0.4, -0.2) is 74.8 Å². The van der Waals surface area contributed by atoms with E-state index in [4.69, 9.17) is 4.74 Å². The molecule has 22 heavy (non-hydrogen) atoms. The highest BCUT2D eigenvalue weighted by atomic mass is 127. The number of aliphatic imine (C=N–C) groups is 1. The molecule has 0 radical (unpaired) electrons. The van der Waals surface area contributed by atoms with Crippen molar-refractivity contribution in [2.75, 3.05) is 52.4 Å². The third-order valence-corrected chi connectivity index (χ3v) is 5.90. The van der Waals surface area contributed by atoms with Gasteiger partial charge in [-0.05, 0) is 45.5 Å². The predicted octanol–water partition coefficient (Wildman–Crippen LogP) is 1.78. The van der Waals surface area contributed by atoms with Gasteiger partial charge in [0.15, 0.2) is 5.96 Å². The van der Waals surface area contributed by atoms with Crippen LogP contribution >= 0.6 is 35.7 Å². The number of nitrogens with zero attached hydrogens (tertiary/aromatic N) is 2. The van der Waals surface area contributed by atoms with Crippen LogP contribution in [0.25, 0.3) is 0 Å². The van der Waals surface area contributed by atoms with Crippen LogP contribution in [0.4, 0.5) is 0 Å². The van der Waals surface area contributed by atoms with Gasteiger partial charge in [0, 0.05) is 44.1 Å². The largest absolute Gasteiger partial charge is 0.381 e. The fraction of sp³-hybridized carbons (Fsp3) is 0.933. The molecule has 0 aliphatic carbocycles. The average molecular weight is 442 g/mol. The van der Waals surface area contributed by atoms with Gasteiger partial charge in [-0.3, -0.25) is 4.99 Å². The molecule has 0 aromatic heterocycles. The van der Waals surface area contributed by atoms with E-state index in [0.717, 1.165) is 38.6 Å². The Kier molecular flexibility index (Phi) is 9.42. The fourth-order valence-electron chi connectivity index (χ4n) is 3.02. The molecule has 2 fully saturated rings. The zero-order chi connectivity index (χ0) is 15.1. The van der Waals surface area contributed by atoms with Gasteiger partial charge in [-0.1, -0.05) is 0 Å². The molecule has 2 rings (SSSR count). The van der Waals surface area contributed by atoms with Crippen LogP contribution in [0, 0.1) is 0 Å². The quantitative estimate of drug-likeness (QED) is 0.395. The number of rotatable bonds is 4. The molecule has 1 atom stereocenters. The molecule has 2 aliphatic rings. The Morgan fingerprint density at radius 3 is 2.64 bits per heavy atom. The Morgan fingerprint density at radius 2 is 2.09 bits per heavy atom. The lowest BCUT2D eigenvalue weighted by atomic mass is 9.88. The van der Waals surface area contributed by atoms with Crippen molar-refractivity contribution >= 4 is 41.7 Å². The van der Waals surface area contributed by atoms with Gasteiger partial charge in [0.05, 0.1) is 0 Å². The third kappa shape index (κ3) is 5.72. The molecule has 0 amide bonds. The Hall–Kier alpha value is 0.270. The molecule has 2 N–H and O–H groups in total. The van der Waals surface area contributed by atoms with Crippen molar-refractivity contribution in [2.45, 2.75) is 37.3 Å². The van der Waals surface area contributed by atoms with Crippen molar-refractivity contribution in [3.63, 3.8) is 0 Å². The summed E-state index contributed by atoms with van der Waals surface area (Å²) >= 11 is 2.04. The minimum absolute atomic E-state index is 0. The molecule has 0 aromatic rings. The minimum Gasteiger partial charge on any atom is -0.381 e. The predicted molar refractivity (Wildman–Crippen MR) is 107 cm³/mol. The first kappa shape index (κ1) is 20.3. The van der Waals surface area contributed by atoms with Crippen molar-refractivity contribution in [3.8, 4) is 0 Å². The van der Waals surface area contributed by atoms with E-state index in [1.807, 2.05) is 18.8 Å². The van der Waals surface area contributed by atoms with Crippen LogP contribution in [-0.2, 0) is 4.74 Å². The first-order chi connectivity index (χ1) is 10.2. The third-order valence-electron chi connectivity index (χ3n) is 4.68. The van der Waals surface area contributed by atoms with E-state index in [9.17, 15) is 0 Å². The SMILES string of the molecule is CN=C(NCC1(N(C)C)CCOCC1)NC1CCCSC1.I. The van der Waals surface area contributed by atoms with E-state index in [2.05, 4.69) is 34.6 Å². The maximum Gasteiger partial charge on any atom is 0.191 e. The summed E-state index contributed by atoms with van der Waals surface area (Å²) in [6, 6.07) is 0.556. The van der Waals surface area contributed by atoms with Crippen LogP contribution in [0.15, 0.2) is 4.99 Å². The number of ether oxygens (including phenoxy) is 1. The lowest BCUT2D eigenvalue weighted by Gasteiger charge is -2.43. The van der Waals surface area contributed by atoms with Crippen LogP contribution in [0.5, 0.6) is 0 Å². The standard InChI is InChI=1S/C15H30N4OS.HI/c1-16-14(18-13-5-4-10-21-11-13)17-12-15(19(2)3)6-8-20-9-7-15;/h13H,4-12H2,1-3H3,(H2,16,17,18);1H. The summed E-state index contributed by atoms with van der Waals surface area (Å²) in [5, 5.41) is 7.11. The first-order valence-electron chi connectivity index (χ1n) is 7.96. The van der Waals surface area contributed by atoms with Crippen molar-refractivity contribution in [1.82, 2.24) is 15.5 Å². The zero-order valence-electron chi connectivity index (χ0n) is 14.1. The average Bonchev–Trinajstić information content (AvgIpc) is 2.53. The highest BCUT2D eigenvalue weighted by Gasteiger charge is 2.34. The summed E-state index contributed by atoms with van der Waals surface area (Å²) in [5.41, 5.74) is 0.178. The van der Waals surface area contributed by atoms with E-state index in [1.165, 1.54) is 24.3 Å². The number of hydrogen-bond acceptors (Lipinski definition) is 4. The number of nitrogens with one attached hydrogen (secondary N) is 2. The van der Waals surface area contributed by atoms with Crippen LogP contribution in [0.3, 0.4) is 0 Å². The molecule has 130 valence electrons. The van der Waals surface area contributed by atoms with Crippen LogP contribution < -0.4 is 10.6 Å². The number of likely N-dealkylation sites (N-methyl/N-ethyl adjacent to an activating group) is 1. The van der Waals surface area contributed by atoms with Crippen molar-refractivity contribution in [2.24, 2.45) is 4.99 Å². The van der Waals surface area contributed by atoms with Crippen molar-refractivity contribution < 1.29 is 4.74 Å². The minimum atomic E-state index is 0. The summed E-state index contributed by atoms with van der Waals surface area (Å²) in [5.74, 6) is 3.43. The summed E-state index contributed by atoms with van der Waals surface area (Å²) < 4.78 is 5.53. The molecule has 2 heterocycles. The summed E-state index contributed by atoms with van der Waals surface area (Å²) in [6.07, 6.45) is 4.70. The lowest BCUT2D eigenvalue weighted by molar-refractivity contribution is -0.00502. The topological polar surface area (TPSA) is 48.9 Å². The molecule has 0 bridgehead atoms.